The van der Waals surface area contributed by atoms with Crippen LogP contribution < -0.4 is 0 Å². The first-order chi connectivity index (χ1) is 6.47. The van der Waals surface area contributed by atoms with Crippen molar-refractivity contribution in [1.82, 2.24) is 0 Å². The lowest BCUT2D eigenvalue weighted by Gasteiger charge is -2.08. The van der Waals surface area contributed by atoms with Gasteiger partial charge in [-0.15, -0.1) is 0 Å². The predicted octanol–water partition coefficient (Wildman–Crippen LogP) is 3.43. The molecule has 0 spiro atoms. The molecule has 1 saturated heterocycles. The smallest absolute Gasteiger partial charge is 0.368 e. The van der Waals surface area contributed by atoms with Gasteiger partial charge in [-0.2, -0.15) is 13.2 Å². The lowest BCUT2D eigenvalue weighted by atomic mass is 10.1. The fourth-order valence-corrected chi connectivity index (χ4v) is 1.45. The second kappa shape index (κ2) is 3.14. The normalized spacial score (nSPS) is 21.0. The highest BCUT2D eigenvalue weighted by molar-refractivity contribution is 6.30. The van der Waals surface area contributed by atoms with Crippen LogP contribution in [-0.4, -0.2) is 6.61 Å². The molecule has 1 aromatic carbocycles. The van der Waals surface area contributed by atoms with Gasteiger partial charge in [0.2, 0.25) is 0 Å². The van der Waals surface area contributed by atoms with Crippen molar-refractivity contribution in [2.75, 3.05) is 6.61 Å². The van der Waals surface area contributed by atoms with Gasteiger partial charge in [0, 0.05) is 5.02 Å². The van der Waals surface area contributed by atoms with E-state index >= 15 is 0 Å². The first kappa shape index (κ1) is 9.80. The van der Waals surface area contributed by atoms with Crippen molar-refractivity contribution < 1.29 is 17.9 Å². The average molecular weight is 223 g/mol. The average Bonchev–Trinajstić information content (AvgIpc) is 2.83. The Labute approximate surface area is 83.4 Å². The van der Waals surface area contributed by atoms with Gasteiger partial charge in [-0.05, 0) is 23.8 Å². The number of hydrogen-bond donors (Lipinski definition) is 0. The van der Waals surface area contributed by atoms with E-state index in [-0.39, 0.29) is 11.1 Å². The van der Waals surface area contributed by atoms with Gasteiger partial charge < -0.3 is 4.74 Å². The number of alkyl halides is 3. The van der Waals surface area contributed by atoms with E-state index in [0.29, 0.717) is 12.2 Å². The Morgan fingerprint density at radius 3 is 2.43 bits per heavy atom. The summed E-state index contributed by atoms with van der Waals surface area (Å²) in [4.78, 5) is 0. The standard InChI is InChI=1S/C9H6ClF3O/c10-7-2-5(8-4-14-8)1-6(3-7)9(11,12)13/h1-3,8H,4H2/t8-/m0/s1. The van der Waals surface area contributed by atoms with Crippen LogP contribution in [-0.2, 0) is 10.9 Å². The first-order valence-corrected chi connectivity index (χ1v) is 4.34. The van der Waals surface area contributed by atoms with Gasteiger partial charge in [-0.1, -0.05) is 11.6 Å². The number of ether oxygens (including phenoxy) is 1. The summed E-state index contributed by atoms with van der Waals surface area (Å²) in [6.45, 7) is 0.470. The largest absolute Gasteiger partial charge is 0.416 e. The molecule has 2 rings (SSSR count). The van der Waals surface area contributed by atoms with Crippen molar-refractivity contribution in [3.05, 3.63) is 34.3 Å². The molecule has 1 fully saturated rings. The number of halogens is 4. The van der Waals surface area contributed by atoms with Crippen LogP contribution >= 0.6 is 11.6 Å². The van der Waals surface area contributed by atoms with Gasteiger partial charge in [0.05, 0.1) is 12.2 Å². The van der Waals surface area contributed by atoms with Crippen molar-refractivity contribution in [3.63, 3.8) is 0 Å². The lowest BCUT2D eigenvalue weighted by Crippen LogP contribution is -2.05. The third-order valence-electron chi connectivity index (χ3n) is 1.95. The molecule has 1 heterocycles. The zero-order valence-corrected chi connectivity index (χ0v) is 7.69. The fraction of sp³-hybridized carbons (Fsp3) is 0.333. The van der Waals surface area contributed by atoms with E-state index in [4.69, 9.17) is 16.3 Å². The number of hydrogen-bond acceptors (Lipinski definition) is 1. The van der Waals surface area contributed by atoms with Crippen LogP contribution in [0.4, 0.5) is 13.2 Å². The summed E-state index contributed by atoms with van der Waals surface area (Å²) in [5, 5.41) is 0.0883. The van der Waals surface area contributed by atoms with Crippen LogP contribution in [0.1, 0.15) is 17.2 Å². The van der Waals surface area contributed by atoms with Crippen LogP contribution in [0.15, 0.2) is 18.2 Å². The van der Waals surface area contributed by atoms with Gasteiger partial charge in [0.25, 0.3) is 0 Å². The van der Waals surface area contributed by atoms with E-state index in [1.807, 2.05) is 0 Å². The quantitative estimate of drug-likeness (QED) is 0.664. The Kier molecular flexibility index (Phi) is 2.20. The van der Waals surface area contributed by atoms with Crippen molar-refractivity contribution in [2.45, 2.75) is 12.3 Å². The Morgan fingerprint density at radius 2 is 1.93 bits per heavy atom. The van der Waals surface area contributed by atoms with E-state index in [0.717, 1.165) is 12.1 Å². The highest BCUT2D eigenvalue weighted by atomic mass is 35.5. The Bertz CT molecular complexity index is 358. The second-order valence-electron chi connectivity index (χ2n) is 3.09. The molecule has 14 heavy (non-hydrogen) atoms. The first-order valence-electron chi connectivity index (χ1n) is 3.96. The maximum absolute atomic E-state index is 12.3. The van der Waals surface area contributed by atoms with Gasteiger partial charge in [0.1, 0.15) is 6.10 Å². The summed E-state index contributed by atoms with van der Waals surface area (Å²) in [6.07, 6.45) is -4.57. The molecule has 0 bridgehead atoms. The molecule has 0 unspecified atom stereocenters. The third kappa shape index (κ3) is 2.01. The van der Waals surface area contributed by atoms with Crippen molar-refractivity contribution in [2.24, 2.45) is 0 Å². The molecular formula is C9H6ClF3O. The maximum atomic E-state index is 12.3. The molecule has 0 saturated carbocycles. The summed E-state index contributed by atoms with van der Waals surface area (Å²) in [5.74, 6) is 0. The molecule has 5 heteroatoms. The predicted molar refractivity (Wildman–Crippen MR) is 45.1 cm³/mol. The molecule has 0 radical (unpaired) electrons. The molecule has 0 aliphatic carbocycles. The highest BCUT2D eigenvalue weighted by Gasteiger charge is 2.33. The van der Waals surface area contributed by atoms with Gasteiger partial charge in [-0.25, -0.2) is 0 Å². The van der Waals surface area contributed by atoms with Crippen LogP contribution in [0, 0.1) is 0 Å². The number of rotatable bonds is 1. The zero-order chi connectivity index (χ0) is 10.3. The fourth-order valence-electron chi connectivity index (χ4n) is 1.20. The molecule has 1 nitrogen and oxygen atoms in total. The summed E-state index contributed by atoms with van der Waals surface area (Å²) in [5.41, 5.74) is -0.236. The van der Waals surface area contributed by atoms with E-state index in [2.05, 4.69) is 0 Å². The Morgan fingerprint density at radius 1 is 1.29 bits per heavy atom. The van der Waals surface area contributed by atoms with E-state index in [9.17, 15) is 13.2 Å². The highest BCUT2D eigenvalue weighted by Crippen LogP contribution is 2.37. The molecule has 1 aliphatic rings. The molecule has 76 valence electrons. The van der Waals surface area contributed by atoms with Gasteiger partial charge >= 0.3 is 6.18 Å². The third-order valence-corrected chi connectivity index (χ3v) is 2.17. The van der Waals surface area contributed by atoms with Crippen LogP contribution in [0.2, 0.25) is 5.02 Å². The van der Waals surface area contributed by atoms with Crippen molar-refractivity contribution in [3.8, 4) is 0 Å². The molecule has 1 aromatic rings. The summed E-state index contributed by atoms with van der Waals surface area (Å²) >= 11 is 5.57. The zero-order valence-electron chi connectivity index (χ0n) is 6.94. The molecule has 1 aliphatic heterocycles. The monoisotopic (exact) mass is 222 g/mol. The summed E-state index contributed by atoms with van der Waals surface area (Å²) in [7, 11) is 0. The second-order valence-corrected chi connectivity index (χ2v) is 3.53. The van der Waals surface area contributed by atoms with Crippen molar-refractivity contribution in [1.29, 1.82) is 0 Å². The molecule has 0 N–H and O–H groups in total. The van der Waals surface area contributed by atoms with Crippen molar-refractivity contribution >= 4 is 11.6 Å². The van der Waals surface area contributed by atoms with Crippen LogP contribution in [0.5, 0.6) is 0 Å². The topological polar surface area (TPSA) is 12.5 Å². The molecule has 1 atom stereocenters. The lowest BCUT2D eigenvalue weighted by molar-refractivity contribution is -0.137. The minimum atomic E-state index is -4.35. The minimum absolute atomic E-state index is 0.0883. The van der Waals surface area contributed by atoms with Crippen LogP contribution in [0.25, 0.3) is 0 Å². The van der Waals surface area contributed by atoms with E-state index in [1.54, 1.807) is 0 Å². The number of benzene rings is 1. The maximum Gasteiger partial charge on any atom is 0.416 e. The summed E-state index contributed by atoms with van der Waals surface area (Å²) < 4.78 is 41.9. The molecule has 0 aromatic heterocycles. The Balaban J connectivity index is 2.41. The molecular weight excluding hydrogens is 217 g/mol. The summed E-state index contributed by atoms with van der Waals surface area (Å²) in [6, 6.07) is 3.48. The number of epoxide rings is 1. The van der Waals surface area contributed by atoms with E-state index < -0.39 is 11.7 Å². The SMILES string of the molecule is FC(F)(F)c1cc(Cl)cc([C@@H]2CO2)c1. The minimum Gasteiger partial charge on any atom is -0.368 e. The van der Waals surface area contributed by atoms with Gasteiger partial charge in [-0.3, -0.25) is 0 Å². The molecule has 0 amide bonds. The Hall–Kier alpha value is -0.740. The van der Waals surface area contributed by atoms with E-state index in [1.165, 1.54) is 6.07 Å². The van der Waals surface area contributed by atoms with Gasteiger partial charge in [0.15, 0.2) is 0 Å². The van der Waals surface area contributed by atoms with Crippen LogP contribution in [0.3, 0.4) is 0 Å².